The largest absolute Gasteiger partial charge is 0.242 e. The molecule has 0 saturated heterocycles. The molecule has 0 spiro atoms. The molecule has 0 fully saturated rings. The van der Waals surface area contributed by atoms with Crippen molar-refractivity contribution in [2.24, 2.45) is 0 Å². The third kappa shape index (κ3) is 2.61. The zero-order valence-corrected chi connectivity index (χ0v) is 13.6. The summed E-state index contributed by atoms with van der Waals surface area (Å²) in [6.07, 6.45) is 2.08. The van der Waals surface area contributed by atoms with Gasteiger partial charge in [0.2, 0.25) is 0 Å². The molecule has 1 N–H and O–H groups in total. The van der Waals surface area contributed by atoms with E-state index in [1.54, 1.807) is 16.6 Å². The number of aromatic nitrogens is 7. The number of halogens is 2. The summed E-state index contributed by atoms with van der Waals surface area (Å²) in [6.45, 7) is 3.99. The number of H-pyrrole nitrogens is 1. The van der Waals surface area contributed by atoms with Gasteiger partial charge in [0.25, 0.3) is 0 Å². The smallest absolute Gasteiger partial charge is 0.177 e. The number of aromatic amines is 1. The van der Waals surface area contributed by atoms with Crippen LogP contribution in [0, 0.1) is 0 Å². The molecule has 1 aliphatic carbocycles. The van der Waals surface area contributed by atoms with E-state index in [-0.39, 0.29) is 5.92 Å². The number of allylic oxidation sites excluding steroid dienone is 4. The highest BCUT2D eigenvalue weighted by Gasteiger charge is 2.29. The normalized spacial score (nSPS) is 20.4. The first kappa shape index (κ1) is 15.6. The van der Waals surface area contributed by atoms with Crippen LogP contribution >= 0.6 is 0 Å². The van der Waals surface area contributed by atoms with Crippen LogP contribution in [0.25, 0.3) is 17.0 Å². The molecule has 4 rings (SSSR count). The summed E-state index contributed by atoms with van der Waals surface area (Å²) >= 11 is 0. The Morgan fingerprint density at radius 2 is 2.04 bits per heavy atom. The summed E-state index contributed by atoms with van der Waals surface area (Å²) < 4.78 is 29.1. The van der Waals surface area contributed by atoms with E-state index in [1.165, 1.54) is 12.2 Å². The highest BCUT2D eigenvalue weighted by atomic mass is 19.1. The fourth-order valence-electron chi connectivity index (χ4n) is 2.81. The molecule has 0 radical (unpaired) electrons. The zero-order valence-electron chi connectivity index (χ0n) is 13.6. The lowest BCUT2D eigenvalue weighted by Gasteiger charge is -2.16. The second-order valence-electron chi connectivity index (χ2n) is 6.14. The molecule has 3 heterocycles. The minimum atomic E-state index is -1.52. The van der Waals surface area contributed by atoms with Crippen LogP contribution in [0.4, 0.5) is 8.78 Å². The third-order valence-electron chi connectivity index (χ3n) is 4.06. The Bertz CT molecular complexity index is 985. The second kappa shape index (κ2) is 5.83. The molecule has 128 valence electrons. The van der Waals surface area contributed by atoms with Gasteiger partial charge in [-0.3, -0.25) is 0 Å². The second-order valence-corrected chi connectivity index (χ2v) is 6.14. The minimum Gasteiger partial charge on any atom is -0.242 e. The summed E-state index contributed by atoms with van der Waals surface area (Å²) in [7, 11) is 0. The molecule has 2 atom stereocenters. The molecule has 1 aliphatic rings. The number of hydrogen-bond donors (Lipinski definition) is 1. The maximum absolute atomic E-state index is 14.2. The lowest BCUT2D eigenvalue weighted by Crippen LogP contribution is -2.14. The van der Waals surface area contributed by atoms with Crippen LogP contribution in [0.5, 0.6) is 0 Å². The van der Waals surface area contributed by atoms with Gasteiger partial charge >= 0.3 is 0 Å². The highest BCUT2D eigenvalue weighted by molar-refractivity contribution is 5.60. The number of alkyl halides is 1. The molecule has 3 aromatic heterocycles. The predicted molar refractivity (Wildman–Crippen MR) is 86.2 cm³/mol. The standard InChI is InChI=1S/C16H15F2N7/c1-8(2)16-22-19-13-6-5-12(23-25(13)16)15-14(20-24-21-15)10-4-3-9(17)7-11(10)18/h3-8,10-11H,1-2H3,(H,20,21,24). The molecular formula is C16H15F2N7. The van der Waals surface area contributed by atoms with Gasteiger partial charge in [0.15, 0.2) is 11.5 Å². The Balaban J connectivity index is 1.79. The number of rotatable bonds is 3. The Morgan fingerprint density at radius 1 is 1.20 bits per heavy atom. The van der Waals surface area contributed by atoms with E-state index in [1.807, 2.05) is 13.8 Å². The lowest BCUT2D eigenvalue weighted by atomic mass is 9.93. The van der Waals surface area contributed by atoms with Crippen molar-refractivity contribution in [1.29, 1.82) is 0 Å². The van der Waals surface area contributed by atoms with Crippen LogP contribution in [0.1, 0.15) is 37.2 Å². The van der Waals surface area contributed by atoms with Crippen molar-refractivity contribution < 1.29 is 8.78 Å². The van der Waals surface area contributed by atoms with E-state index in [4.69, 9.17) is 0 Å². The van der Waals surface area contributed by atoms with Gasteiger partial charge in [-0.25, -0.2) is 8.78 Å². The van der Waals surface area contributed by atoms with Gasteiger partial charge < -0.3 is 0 Å². The molecule has 3 aromatic rings. The van der Waals surface area contributed by atoms with E-state index in [0.29, 0.717) is 28.6 Å². The summed E-state index contributed by atoms with van der Waals surface area (Å²) in [4.78, 5) is 0. The van der Waals surface area contributed by atoms with Crippen molar-refractivity contribution in [2.45, 2.75) is 31.9 Å². The predicted octanol–water partition coefficient (Wildman–Crippen LogP) is 2.88. The maximum Gasteiger partial charge on any atom is 0.177 e. The number of fused-ring (bicyclic) bond motifs is 1. The molecule has 0 bridgehead atoms. The Morgan fingerprint density at radius 3 is 2.80 bits per heavy atom. The first-order valence-electron chi connectivity index (χ1n) is 7.87. The fraction of sp³-hybridized carbons (Fsp3) is 0.312. The van der Waals surface area contributed by atoms with E-state index >= 15 is 0 Å². The van der Waals surface area contributed by atoms with Crippen molar-refractivity contribution >= 4 is 5.65 Å². The summed E-state index contributed by atoms with van der Waals surface area (Å²) in [5, 5.41) is 23.4. The quantitative estimate of drug-likeness (QED) is 0.790. The summed E-state index contributed by atoms with van der Waals surface area (Å²) in [5.74, 6) is -0.470. The van der Waals surface area contributed by atoms with Crippen LogP contribution in [0.2, 0.25) is 0 Å². The van der Waals surface area contributed by atoms with E-state index in [2.05, 4.69) is 30.7 Å². The van der Waals surface area contributed by atoms with Gasteiger partial charge in [-0.05, 0) is 24.3 Å². The molecule has 9 heteroatoms. The molecule has 25 heavy (non-hydrogen) atoms. The Kier molecular flexibility index (Phi) is 3.63. The van der Waals surface area contributed by atoms with Crippen molar-refractivity contribution in [3.63, 3.8) is 0 Å². The molecule has 0 amide bonds. The van der Waals surface area contributed by atoms with E-state index in [0.717, 1.165) is 6.08 Å². The topological polar surface area (TPSA) is 84.6 Å². The van der Waals surface area contributed by atoms with Gasteiger partial charge in [-0.2, -0.15) is 25.0 Å². The Labute approximate surface area is 141 Å². The van der Waals surface area contributed by atoms with Gasteiger partial charge in [0.05, 0.1) is 5.92 Å². The van der Waals surface area contributed by atoms with Crippen molar-refractivity contribution in [3.8, 4) is 11.4 Å². The molecular weight excluding hydrogens is 328 g/mol. The first-order chi connectivity index (χ1) is 12.0. The number of nitrogens with zero attached hydrogens (tertiary/aromatic N) is 6. The minimum absolute atomic E-state index is 0.138. The summed E-state index contributed by atoms with van der Waals surface area (Å²) in [5.41, 5.74) is 1.91. The third-order valence-corrected chi connectivity index (χ3v) is 4.06. The van der Waals surface area contributed by atoms with Crippen molar-refractivity contribution in [3.05, 3.63) is 47.7 Å². The number of hydrogen-bond acceptors (Lipinski definition) is 5. The van der Waals surface area contributed by atoms with Crippen LogP contribution < -0.4 is 0 Å². The van der Waals surface area contributed by atoms with Crippen LogP contribution in [-0.2, 0) is 0 Å². The number of nitrogens with one attached hydrogen (secondary N) is 1. The molecule has 0 aliphatic heterocycles. The SMILES string of the molecule is CC(C)c1nnc2ccc(-c3n[nH]nc3C3C=CC(F)=CC3F)nn12. The average Bonchev–Trinajstić information content (AvgIpc) is 3.20. The van der Waals surface area contributed by atoms with E-state index in [9.17, 15) is 8.78 Å². The average molecular weight is 343 g/mol. The molecule has 0 aromatic carbocycles. The van der Waals surface area contributed by atoms with Crippen LogP contribution in [0.15, 0.2) is 36.2 Å². The fourth-order valence-corrected chi connectivity index (χ4v) is 2.81. The molecule has 7 nitrogen and oxygen atoms in total. The monoisotopic (exact) mass is 343 g/mol. The van der Waals surface area contributed by atoms with Crippen molar-refractivity contribution in [2.75, 3.05) is 0 Å². The van der Waals surface area contributed by atoms with E-state index < -0.39 is 17.9 Å². The van der Waals surface area contributed by atoms with Gasteiger partial charge in [0, 0.05) is 5.92 Å². The highest BCUT2D eigenvalue weighted by Crippen LogP contribution is 2.33. The first-order valence-corrected chi connectivity index (χ1v) is 7.87. The van der Waals surface area contributed by atoms with Crippen LogP contribution in [0.3, 0.4) is 0 Å². The zero-order chi connectivity index (χ0) is 17.6. The van der Waals surface area contributed by atoms with Gasteiger partial charge in [0.1, 0.15) is 29.1 Å². The van der Waals surface area contributed by atoms with Gasteiger partial charge in [-0.15, -0.1) is 10.2 Å². The maximum atomic E-state index is 14.2. The van der Waals surface area contributed by atoms with Gasteiger partial charge in [-0.1, -0.05) is 19.9 Å². The molecule has 2 unspecified atom stereocenters. The van der Waals surface area contributed by atoms with Crippen LogP contribution in [-0.4, -0.2) is 41.4 Å². The van der Waals surface area contributed by atoms with Crippen molar-refractivity contribution in [1.82, 2.24) is 35.2 Å². The Hall–Kier alpha value is -2.97. The molecule has 0 saturated carbocycles. The lowest BCUT2D eigenvalue weighted by molar-refractivity contribution is 0.357. The summed E-state index contributed by atoms with van der Waals surface area (Å²) in [6, 6.07) is 3.49.